The molecule has 100 valence electrons. The number of anilines is 1. The molecule has 1 aromatic heterocycles. The van der Waals surface area contributed by atoms with Gasteiger partial charge in [0.1, 0.15) is 11.3 Å². The Morgan fingerprint density at radius 2 is 2.37 bits per heavy atom. The summed E-state index contributed by atoms with van der Waals surface area (Å²) in [5, 5.41) is 0.970. The first-order chi connectivity index (χ1) is 9.35. The van der Waals surface area contributed by atoms with Gasteiger partial charge in [0.15, 0.2) is 0 Å². The molecule has 0 spiro atoms. The summed E-state index contributed by atoms with van der Waals surface area (Å²) in [6.45, 7) is 3.84. The molecule has 0 unspecified atom stereocenters. The predicted molar refractivity (Wildman–Crippen MR) is 74.1 cm³/mol. The number of fused-ring (bicyclic) bond motifs is 2. The SMILES string of the molecule is CCOc1cccc2c(NN)c3c(nc12)CCOC3. The Balaban J connectivity index is 2.29. The number of hydrogen-bond acceptors (Lipinski definition) is 5. The summed E-state index contributed by atoms with van der Waals surface area (Å²) >= 11 is 0. The number of hydrazine groups is 1. The van der Waals surface area contributed by atoms with Crippen LogP contribution in [0, 0.1) is 0 Å². The maximum absolute atomic E-state index is 5.69. The molecule has 0 bridgehead atoms. The van der Waals surface area contributed by atoms with Gasteiger partial charge in [0.25, 0.3) is 0 Å². The second-order valence-electron chi connectivity index (χ2n) is 4.44. The third-order valence-electron chi connectivity index (χ3n) is 3.34. The molecule has 1 aliphatic rings. The third kappa shape index (κ3) is 2.01. The Kier molecular flexibility index (Phi) is 3.23. The predicted octanol–water partition coefficient (Wildman–Crippen LogP) is 1.99. The molecule has 0 aliphatic carbocycles. The van der Waals surface area contributed by atoms with Crippen LogP contribution in [0.2, 0.25) is 0 Å². The smallest absolute Gasteiger partial charge is 0.145 e. The van der Waals surface area contributed by atoms with Crippen LogP contribution in [0.15, 0.2) is 18.2 Å². The number of pyridine rings is 1. The first-order valence-electron chi connectivity index (χ1n) is 6.46. The minimum absolute atomic E-state index is 0.552. The zero-order valence-corrected chi connectivity index (χ0v) is 10.9. The van der Waals surface area contributed by atoms with Crippen LogP contribution >= 0.6 is 0 Å². The Labute approximate surface area is 111 Å². The van der Waals surface area contributed by atoms with Crippen molar-refractivity contribution in [2.24, 2.45) is 5.84 Å². The van der Waals surface area contributed by atoms with E-state index in [0.29, 0.717) is 19.8 Å². The van der Waals surface area contributed by atoms with E-state index < -0.39 is 0 Å². The van der Waals surface area contributed by atoms with E-state index in [1.807, 2.05) is 25.1 Å². The standard InChI is InChI=1S/C14H17N3O2/c1-2-19-12-5-3-4-9-13(17-15)10-8-18-7-6-11(10)16-14(9)12/h3-5H,2,6-8,15H2,1H3,(H,16,17). The highest BCUT2D eigenvalue weighted by molar-refractivity contribution is 5.96. The van der Waals surface area contributed by atoms with Gasteiger partial charge >= 0.3 is 0 Å². The molecule has 2 aromatic rings. The number of nitrogens with zero attached hydrogens (tertiary/aromatic N) is 1. The molecule has 0 amide bonds. The lowest BCUT2D eigenvalue weighted by Gasteiger charge is -2.21. The first-order valence-corrected chi connectivity index (χ1v) is 6.46. The lowest BCUT2D eigenvalue weighted by molar-refractivity contribution is 0.110. The maximum Gasteiger partial charge on any atom is 0.145 e. The van der Waals surface area contributed by atoms with Crippen molar-refractivity contribution in [1.29, 1.82) is 0 Å². The lowest BCUT2D eigenvalue weighted by Crippen LogP contribution is -2.18. The van der Waals surface area contributed by atoms with Crippen molar-refractivity contribution in [2.45, 2.75) is 20.0 Å². The van der Waals surface area contributed by atoms with Crippen molar-refractivity contribution in [3.05, 3.63) is 29.5 Å². The van der Waals surface area contributed by atoms with E-state index in [4.69, 9.17) is 20.3 Å². The number of nitrogens with one attached hydrogen (secondary N) is 1. The van der Waals surface area contributed by atoms with Gasteiger partial charge in [0.05, 0.1) is 31.2 Å². The van der Waals surface area contributed by atoms with Crippen molar-refractivity contribution in [3.8, 4) is 5.75 Å². The van der Waals surface area contributed by atoms with Crippen LogP contribution in [0.4, 0.5) is 5.69 Å². The van der Waals surface area contributed by atoms with E-state index in [1.165, 1.54) is 0 Å². The third-order valence-corrected chi connectivity index (χ3v) is 3.34. The van der Waals surface area contributed by atoms with E-state index >= 15 is 0 Å². The molecule has 5 heteroatoms. The van der Waals surface area contributed by atoms with Gasteiger partial charge in [0, 0.05) is 17.4 Å². The number of para-hydroxylation sites is 1. The van der Waals surface area contributed by atoms with Crippen LogP contribution in [0.5, 0.6) is 5.75 Å². The average Bonchev–Trinajstić information content (AvgIpc) is 2.45. The lowest BCUT2D eigenvalue weighted by atomic mass is 10.0. The molecule has 3 rings (SSSR count). The summed E-state index contributed by atoms with van der Waals surface area (Å²) in [5.74, 6) is 6.49. The van der Waals surface area contributed by atoms with E-state index in [2.05, 4.69) is 5.43 Å². The minimum Gasteiger partial charge on any atom is -0.492 e. The van der Waals surface area contributed by atoms with Crippen molar-refractivity contribution < 1.29 is 9.47 Å². The number of nitrogen functional groups attached to an aromatic ring is 1. The zero-order valence-electron chi connectivity index (χ0n) is 10.9. The molecular weight excluding hydrogens is 242 g/mol. The molecule has 0 fully saturated rings. The normalized spacial score (nSPS) is 14.2. The van der Waals surface area contributed by atoms with Crippen molar-refractivity contribution in [3.63, 3.8) is 0 Å². The molecule has 0 saturated carbocycles. The Morgan fingerprint density at radius 1 is 1.47 bits per heavy atom. The summed E-state index contributed by atoms with van der Waals surface area (Å²) in [6, 6.07) is 5.88. The van der Waals surface area contributed by atoms with Gasteiger partial charge in [0.2, 0.25) is 0 Å². The Bertz CT molecular complexity index is 613. The van der Waals surface area contributed by atoms with E-state index in [9.17, 15) is 0 Å². The Morgan fingerprint density at radius 3 is 3.16 bits per heavy atom. The number of benzene rings is 1. The second kappa shape index (κ2) is 5.03. The molecule has 0 saturated heterocycles. The minimum atomic E-state index is 0.552. The Hall–Kier alpha value is -1.85. The maximum atomic E-state index is 5.69. The molecule has 1 aromatic carbocycles. The van der Waals surface area contributed by atoms with Crippen LogP contribution in [0.25, 0.3) is 10.9 Å². The van der Waals surface area contributed by atoms with Crippen LogP contribution < -0.4 is 16.0 Å². The van der Waals surface area contributed by atoms with Crippen LogP contribution in [0.1, 0.15) is 18.2 Å². The number of rotatable bonds is 3. The molecule has 19 heavy (non-hydrogen) atoms. The number of aromatic nitrogens is 1. The van der Waals surface area contributed by atoms with Crippen LogP contribution in [-0.4, -0.2) is 18.2 Å². The first kappa shape index (κ1) is 12.2. The van der Waals surface area contributed by atoms with Crippen LogP contribution in [-0.2, 0) is 17.8 Å². The van der Waals surface area contributed by atoms with Crippen molar-refractivity contribution in [1.82, 2.24) is 4.98 Å². The van der Waals surface area contributed by atoms with Gasteiger partial charge in [-0.25, -0.2) is 4.98 Å². The van der Waals surface area contributed by atoms with Crippen molar-refractivity contribution >= 4 is 16.6 Å². The fourth-order valence-electron chi connectivity index (χ4n) is 2.49. The molecule has 3 N–H and O–H groups in total. The monoisotopic (exact) mass is 259 g/mol. The molecule has 0 atom stereocenters. The van der Waals surface area contributed by atoms with Gasteiger partial charge in [-0.1, -0.05) is 12.1 Å². The topological polar surface area (TPSA) is 69.4 Å². The summed E-state index contributed by atoms with van der Waals surface area (Å²) in [6.07, 6.45) is 0.806. The summed E-state index contributed by atoms with van der Waals surface area (Å²) in [4.78, 5) is 4.74. The largest absolute Gasteiger partial charge is 0.492 e. The second-order valence-corrected chi connectivity index (χ2v) is 4.44. The summed E-state index contributed by atoms with van der Waals surface area (Å²) in [5.41, 5.74) is 6.63. The summed E-state index contributed by atoms with van der Waals surface area (Å²) in [7, 11) is 0. The molecule has 1 aliphatic heterocycles. The van der Waals surface area contributed by atoms with Gasteiger partial charge in [-0.05, 0) is 13.0 Å². The number of ether oxygens (including phenoxy) is 2. The molecule has 0 radical (unpaired) electrons. The van der Waals surface area contributed by atoms with E-state index in [-0.39, 0.29) is 0 Å². The fourth-order valence-corrected chi connectivity index (χ4v) is 2.49. The highest BCUT2D eigenvalue weighted by Gasteiger charge is 2.19. The van der Waals surface area contributed by atoms with Gasteiger partial charge < -0.3 is 14.9 Å². The fraction of sp³-hybridized carbons (Fsp3) is 0.357. The van der Waals surface area contributed by atoms with Gasteiger partial charge in [-0.15, -0.1) is 0 Å². The average molecular weight is 259 g/mol. The highest BCUT2D eigenvalue weighted by atomic mass is 16.5. The van der Waals surface area contributed by atoms with Crippen molar-refractivity contribution in [2.75, 3.05) is 18.6 Å². The number of hydrogen-bond donors (Lipinski definition) is 2. The molecular formula is C14H17N3O2. The summed E-state index contributed by atoms with van der Waals surface area (Å²) < 4.78 is 11.1. The quantitative estimate of drug-likeness (QED) is 0.651. The molecule has 5 nitrogen and oxygen atoms in total. The van der Waals surface area contributed by atoms with Gasteiger partial charge in [-0.3, -0.25) is 5.84 Å². The van der Waals surface area contributed by atoms with E-state index in [1.54, 1.807) is 0 Å². The zero-order chi connectivity index (χ0) is 13.2. The van der Waals surface area contributed by atoms with Gasteiger partial charge in [-0.2, -0.15) is 0 Å². The molecule has 2 heterocycles. The van der Waals surface area contributed by atoms with Crippen LogP contribution in [0.3, 0.4) is 0 Å². The van der Waals surface area contributed by atoms with E-state index in [0.717, 1.165) is 40.0 Å². The number of nitrogens with two attached hydrogens (primary N) is 1. The highest BCUT2D eigenvalue weighted by Crippen LogP contribution is 2.34.